The highest BCUT2D eigenvalue weighted by Crippen LogP contribution is 2.27. The van der Waals surface area contributed by atoms with Crippen molar-refractivity contribution < 1.29 is 20.1 Å². The minimum atomic E-state index is -1.41. The molecule has 6 N–H and O–H groups in total. The van der Waals surface area contributed by atoms with Crippen molar-refractivity contribution in [3.05, 3.63) is 38.7 Å². The quantitative estimate of drug-likeness (QED) is 0.400. The molecule has 0 aliphatic carbocycles. The van der Waals surface area contributed by atoms with Gasteiger partial charge in [0, 0.05) is 12.7 Å². The largest absolute Gasteiger partial charge is 0.394 e. The number of nitrogens with two attached hydrogens (primary N) is 1. The van der Waals surface area contributed by atoms with Gasteiger partial charge in [-0.3, -0.25) is 14.3 Å². The zero-order chi connectivity index (χ0) is 15.6. The van der Waals surface area contributed by atoms with E-state index in [-0.39, 0.29) is 12.1 Å². The lowest BCUT2D eigenvalue weighted by molar-refractivity contribution is -0.0550. The molecule has 1 aliphatic rings. The zero-order valence-corrected chi connectivity index (χ0v) is 11.0. The average Bonchev–Trinajstić information content (AvgIpc) is 2.74. The molecular weight excluding hydrogens is 282 g/mol. The van der Waals surface area contributed by atoms with Gasteiger partial charge in [-0.1, -0.05) is 12.2 Å². The molecule has 1 fully saturated rings. The van der Waals surface area contributed by atoms with E-state index in [2.05, 4.69) is 4.98 Å². The van der Waals surface area contributed by atoms with Gasteiger partial charge in [-0.05, 0) is 0 Å². The predicted molar refractivity (Wildman–Crippen MR) is 72.4 cm³/mol. The van der Waals surface area contributed by atoms with Crippen molar-refractivity contribution >= 4 is 6.08 Å². The topological polar surface area (TPSA) is 151 Å². The van der Waals surface area contributed by atoms with E-state index in [9.17, 15) is 19.8 Å². The summed E-state index contributed by atoms with van der Waals surface area (Å²) in [7, 11) is 0. The third kappa shape index (κ3) is 2.96. The van der Waals surface area contributed by atoms with Crippen LogP contribution in [0.3, 0.4) is 0 Å². The number of aliphatic hydroxyl groups excluding tert-OH is 3. The summed E-state index contributed by atoms with van der Waals surface area (Å²) in [6, 6.07) is 0. The smallest absolute Gasteiger partial charge is 0.330 e. The van der Waals surface area contributed by atoms with Crippen LogP contribution in [-0.4, -0.2) is 56.3 Å². The average molecular weight is 299 g/mol. The van der Waals surface area contributed by atoms with Crippen molar-refractivity contribution in [2.45, 2.75) is 24.5 Å². The Balaban J connectivity index is 2.42. The Labute approximate surface area is 118 Å². The second kappa shape index (κ2) is 6.33. The fourth-order valence-electron chi connectivity index (χ4n) is 2.11. The van der Waals surface area contributed by atoms with Crippen LogP contribution in [0.2, 0.25) is 0 Å². The number of hydrogen-bond acceptors (Lipinski definition) is 7. The first-order valence-corrected chi connectivity index (χ1v) is 6.34. The van der Waals surface area contributed by atoms with Crippen molar-refractivity contribution in [3.8, 4) is 0 Å². The van der Waals surface area contributed by atoms with Crippen LogP contribution < -0.4 is 17.0 Å². The van der Waals surface area contributed by atoms with Crippen LogP contribution in [0.4, 0.5) is 0 Å². The number of ether oxygens (including phenoxy) is 1. The first kappa shape index (κ1) is 15.6. The first-order chi connectivity index (χ1) is 9.99. The van der Waals surface area contributed by atoms with Gasteiger partial charge >= 0.3 is 5.69 Å². The maximum absolute atomic E-state index is 11.8. The molecule has 1 aromatic rings. The number of H-pyrrole nitrogens is 1. The third-order valence-corrected chi connectivity index (χ3v) is 3.22. The Hall–Kier alpha value is -1.78. The van der Waals surface area contributed by atoms with Crippen molar-refractivity contribution in [1.29, 1.82) is 0 Å². The highest BCUT2D eigenvalue weighted by atomic mass is 16.6. The van der Waals surface area contributed by atoms with Gasteiger partial charge in [-0.2, -0.15) is 0 Å². The van der Waals surface area contributed by atoms with Crippen LogP contribution >= 0.6 is 0 Å². The summed E-state index contributed by atoms with van der Waals surface area (Å²) >= 11 is 0. The molecule has 2 heterocycles. The minimum Gasteiger partial charge on any atom is -0.394 e. The number of rotatable bonds is 4. The maximum Gasteiger partial charge on any atom is 0.330 e. The number of hydrogen-bond donors (Lipinski definition) is 5. The van der Waals surface area contributed by atoms with Gasteiger partial charge in [0.1, 0.15) is 18.3 Å². The molecule has 9 heteroatoms. The Kier molecular flexibility index (Phi) is 4.70. The summed E-state index contributed by atoms with van der Waals surface area (Å²) in [5.74, 6) is 0. The molecule has 1 saturated heterocycles. The highest BCUT2D eigenvalue weighted by molar-refractivity contribution is 5.46. The Bertz CT molecular complexity index is 637. The van der Waals surface area contributed by atoms with E-state index < -0.39 is 42.4 Å². The molecule has 0 bridgehead atoms. The molecule has 4 atom stereocenters. The van der Waals surface area contributed by atoms with Crippen LogP contribution in [0.15, 0.2) is 21.9 Å². The number of nitrogens with one attached hydrogen (secondary N) is 1. The Morgan fingerprint density at radius 3 is 2.67 bits per heavy atom. The van der Waals surface area contributed by atoms with Gasteiger partial charge in [-0.15, -0.1) is 0 Å². The van der Waals surface area contributed by atoms with E-state index >= 15 is 0 Å². The van der Waals surface area contributed by atoms with Crippen LogP contribution in [-0.2, 0) is 4.74 Å². The molecule has 0 saturated carbocycles. The van der Waals surface area contributed by atoms with E-state index in [4.69, 9.17) is 15.6 Å². The standard InChI is InChI=1S/C12H17N3O6/c13-3-1-2-6-4-15(12(20)14-10(6)19)11-9(18)8(17)7(5-16)21-11/h1-2,4,7-9,11,16-18H,3,5,13H2,(H,14,19,20)/b2-1+. The second-order valence-electron chi connectivity index (χ2n) is 4.62. The number of aliphatic hydroxyl groups is 3. The van der Waals surface area contributed by atoms with Crippen LogP contribution in [0, 0.1) is 0 Å². The van der Waals surface area contributed by atoms with Crippen molar-refractivity contribution in [1.82, 2.24) is 9.55 Å². The molecule has 1 aliphatic heterocycles. The highest BCUT2D eigenvalue weighted by Gasteiger charge is 2.43. The second-order valence-corrected chi connectivity index (χ2v) is 4.62. The molecule has 116 valence electrons. The van der Waals surface area contributed by atoms with Crippen molar-refractivity contribution in [3.63, 3.8) is 0 Å². The van der Waals surface area contributed by atoms with E-state index in [0.717, 1.165) is 4.57 Å². The minimum absolute atomic E-state index is 0.151. The van der Waals surface area contributed by atoms with Gasteiger partial charge in [0.2, 0.25) is 0 Å². The van der Waals surface area contributed by atoms with Gasteiger partial charge < -0.3 is 25.8 Å². The Morgan fingerprint density at radius 1 is 1.38 bits per heavy atom. The number of aromatic amines is 1. The monoisotopic (exact) mass is 299 g/mol. The zero-order valence-electron chi connectivity index (χ0n) is 11.0. The lowest BCUT2D eigenvalue weighted by Crippen LogP contribution is -2.38. The summed E-state index contributed by atoms with van der Waals surface area (Å²) in [5, 5.41) is 28.6. The van der Waals surface area contributed by atoms with Crippen molar-refractivity contribution in [2.75, 3.05) is 13.2 Å². The summed E-state index contributed by atoms with van der Waals surface area (Å²) in [6.45, 7) is -0.292. The van der Waals surface area contributed by atoms with E-state index in [1.54, 1.807) is 0 Å². The molecule has 0 spiro atoms. The van der Waals surface area contributed by atoms with E-state index in [1.165, 1.54) is 18.3 Å². The lowest BCUT2D eigenvalue weighted by Gasteiger charge is -2.17. The summed E-state index contributed by atoms with van der Waals surface area (Å²) in [4.78, 5) is 25.5. The summed E-state index contributed by atoms with van der Waals surface area (Å²) in [6.07, 6.45) is -0.794. The first-order valence-electron chi connectivity index (χ1n) is 6.34. The molecular formula is C12H17N3O6. The van der Waals surface area contributed by atoms with Gasteiger partial charge in [-0.25, -0.2) is 4.79 Å². The molecule has 0 radical (unpaired) electrons. The molecule has 2 rings (SSSR count). The van der Waals surface area contributed by atoms with Crippen LogP contribution in [0.5, 0.6) is 0 Å². The van der Waals surface area contributed by atoms with Crippen LogP contribution in [0.1, 0.15) is 11.8 Å². The maximum atomic E-state index is 11.8. The van der Waals surface area contributed by atoms with E-state index in [0.29, 0.717) is 0 Å². The molecule has 0 amide bonds. The van der Waals surface area contributed by atoms with Gasteiger partial charge in [0.15, 0.2) is 6.23 Å². The van der Waals surface area contributed by atoms with Crippen LogP contribution in [0.25, 0.3) is 6.08 Å². The molecule has 21 heavy (non-hydrogen) atoms. The van der Waals surface area contributed by atoms with Gasteiger partial charge in [0.25, 0.3) is 5.56 Å². The molecule has 9 nitrogen and oxygen atoms in total. The number of aromatic nitrogens is 2. The Morgan fingerprint density at radius 2 is 2.10 bits per heavy atom. The fourth-order valence-corrected chi connectivity index (χ4v) is 2.11. The summed E-state index contributed by atoms with van der Waals surface area (Å²) in [5.41, 5.74) is 4.05. The predicted octanol–water partition coefficient (Wildman–Crippen LogP) is -2.88. The summed E-state index contributed by atoms with van der Waals surface area (Å²) < 4.78 is 6.20. The van der Waals surface area contributed by atoms with E-state index in [1.807, 2.05) is 0 Å². The van der Waals surface area contributed by atoms with Gasteiger partial charge in [0.05, 0.1) is 12.2 Å². The molecule has 0 aromatic carbocycles. The fraction of sp³-hybridized carbons (Fsp3) is 0.500. The lowest BCUT2D eigenvalue weighted by atomic mass is 10.1. The van der Waals surface area contributed by atoms with Crippen molar-refractivity contribution in [2.24, 2.45) is 5.73 Å². The third-order valence-electron chi connectivity index (χ3n) is 3.22. The molecule has 1 aromatic heterocycles. The normalized spacial score (nSPS) is 29.3. The number of nitrogens with zero attached hydrogens (tertiary/aromatic N) is 1. The molecule has 4 unspecified atom stereocenters. The SMILES string of the molecule is NC/C=C/c1cn(C2OC(CO)C(O)C2O)c(=O)[nH]c1=O.